The summed E-state index contributed by atoms with van der Waals surface area (Å²) in [5.41, 5.74) is 2.99. The molecule has 1 atom stereocenters. The minimum atomic E-state index is -0.598. The highest BCUT2D eigenvalue weighted by atomic mass is 16.5. The SMILES string of the molecule is COc1ccc(OC)c2c1CN(Cc1cnn(CC(C)C)c1)CC2O. The molecule has 0 aliphatic carbocycles. The van der Waals surface area contributed by atoms with Gasteiger partial charge in [0.2, 0.25) is 0 Å². The number of hydrogen-bond acceptors (Lipinski definition) is 5. The van der Waals surface area contributed by atoms with E-state index in [-0.39, 0.29) is 0 Å². The average molecular weight is 345 g/mol. The van der Waals surface area contributed by atoms with Crippen LogP contribution in [0.25, 0.3) is 0 Å². The molecule has 0 amide bonds. The molecule has 6 nitrogen and oxygen atoms in total. The molecule has 0 bridgehead atoms. The zero-order chi connectivity index (χ0) is 18.0. The minimum Gasteiger partial charge on any atom is -0.496 e. The predicted octanol–water partition coefficient (Wildman–Crippen LogP) is 2.61. The summed E-state index contributed by atoms with van der Waals surface area (Å²) in [5.74, 6) is 2.07. The van der Waals surface area contributed by atoms with Gasteiger partial charge in [0.1, 0.15) is 11.5 Å². The molecule has 0 saturated heterocycles. The second-order valence-electron chi connectivity index (χ2n) is 7.01. The van der Waals surface area contributed by atoms with E-state index in [9.17, 15) is 5.11 Å². The largest absolute Gasteiger partial charge is 0.496 e. The van der Waals surface area contributed by atoms with Crippen molar-refractivity contribution in [3.8, 4) is 11.5 Å². The van der Waals surface area contributed by atoms with E-state index < -0.39 is 6.10 Å². The smallest absolute Gasteiger partial charge is 0.125 e. The number of aliphatic hydroxyl groups is 1. The van der Waals surface area contributed by atoms with Gasteiger partial charge in [-0.1, -0.05) is 13.8 Å². The van der Waals surface area contributed by atoms with Crippen molar-refractivity contribution >= 4 is 0 Å². The summed E-state index contributed by atoms with van der Waals surface area (Å²) in [4.78, 5) is 2.21. The van der Waals surface area contributed by atoms with Crippen LogP contribution in [0.1, 0.15) is 36.6 Å². The summed E-state index contributed by atoms with van der Waals surface area (Å²) in [7, 11) is 3.29. The highest BCUT2D eigenvalue weighted by molar-refractivity contribution is 5.51. The number of hydrogen-bond donors (Lipinski definition) is 1. The molecule has 0 saturated carbocycles. The Kier molecular flexibility index (Phi) is 5.30. The fraction of sp³-hybridized carbons (Fsp3) is 0.526. The molecular weight excluding hydrogens is 318 g/mol. The number of β-amino-alcohol motifs (C(OH)–C–C–N with tert-alkyl or cyclic N) is 1. The Hall–Kier alpha value is -2.05. The molecule has 2 heterocycles. The summed E-state index contributed by atoms with van der Waals surface area (Å²) >= 11 is 0. The lowest BCUT2D eigenvalue weighted by Gasteiger charge is -2.33. The lowest BCUT2D eigenvalue weighted by Crippen LogP contribution is -2.33. The maximum atomic E-state index is 10.7. The fourth-order valence-electron chi connectivity index (χ4n) is 3.49. The summed E-state index contributed by atoms with van der Waals surface area (Å²) in [6, 6.07) is 3.75. The van der Waals surface area contributed by atoms with Crippen molar-refractivity contribution in [1.82, 2.24) is 14.7 Å². The first kappa shape index (κ1) is 17.8. The zero-order valence-corrected chi connectivity index (χ0v) is 15.4. The summed E-state index contributed by atoms with van der Waals surface area (Å²) in [5, 5.41) is 15.1. The standard InChI is InChI=1S/C19H27N3O3/c1-13(2)8-22-10-14(7-20-22)9-21-11-15-17(24-3)5-6-18(25-4)19(15)16(23)12-21/h5-7,10,13,16,23H,8-9,11-12H2,1-4H3. The molecule has 0 spiro atoms. The Labute approximate surface area is 149 Å². The number of benzene rings is 1. The lowest BCUT2D eigenvalue weighted by atomic mass is 9.95. The number of methoxy groups -OCH3 is 2. The fourth-order valence-corrected chi connectivity index (χ4v) is 3.49. The zero-order valence-electron chi connectivity index (χ0n) is 15.4. The predicted molar refractivity (Wildman–Crippen MR) is 95.7 cm³/mol. The summed E-state index contributed by atoms with van der Waals surface area (Å²) < 4.78 is 12.9. The van der Waals surface area contributed by atoms with Crippen molar-refractivity contribution in [3.63, 3.8) is 0 Å². The highest BCUT2D eigenvalue weighted by Gasteiger charge is 2.29. The Balaban J connectivity index is 1.80. The van der Waals surface area contributed by atoms with Gasteiger partial charge in [0.15, 0.2) is 0 Å². The molecule has 0 fully saturated rings. The van der Waals surface area contributed by atoms with Gasteiger partial charge in [0, 0.05) is 49.1 Å². The van der Waals surface area contributed by atoms with Crippen LogP contribution in [-0.2, 0) is 19.6 Å². The second-order valence-corrected chi connectivity index (χ2v) is 7.01. The van der Waals surface area contributed by atoms with Gasteiger partial charge in [-0.25, -0.2) is 0 Å². The van der Waals surface area contributed by atoms with Crippen molar-refractivity contribution in [2.75, 3.05) is 20.8 Å². The van der Waals surface area contributed by atoms with Crippen LogP contribution in [0.3, 0.4) is 0 Å². The van der Waals surface area contributed by atoms with Gasteiger partial charge in [-0.2, -0.15) is 5.10 Å². The van der Waals surface area contributed by atoms with Crippen LogP contribution in [0.4, 0.5) is 0 Å². The van der Waals surface area contributed by atoms with E-state index in [4.69, 9.17) is 9.47 Å². The Morgan fingerprint density at radius 2 is 1.96 bits per heavy atom. The molecule has 1 aliphatic rings. The quantitative estimate of drug-likeness (QED) is 0.872. The molecular formula is C19H27N3O3. The van der Waals surface area contributed by atoms with Gasteiger partial charge in [-0.15, -0.1) is 0 Å². The molecule has 1 aromatic carbocycles. The van der Waals surface area contributed by atoms with E-state index in [1.807, 2.05) is 23.0 Å². The molecule has 1 aliphatic heterocycles. The Bertz CT molecular complexity index is 727. The van der Waals surface area contributed by atoms with Gasteiger partial charge in [0.05, 0.1) is 26.5 Å². The average Bonchev–Trinajstić information content (AvgIpc) is 2.99. The number of fused-ring (bicyclic) bond motifs is 1. The molecule has 136 valence electrons. The number of aliphatic hydroxyl groups excluding tert-OH is 1. The first-order valence-corrected chi connectivity index (χ1v) is 8.67. The lowest BCUT2D eigenvalue weighted by molar-refractivity contribution is 0.0843. The summed E-state index contributed by atoms with van der Waals surface area (Å²) in [6.45, 7) is 7.29. The van der Waals surface area contributed by atoms with Gasteiger partial charge >= 0.3 is 0 Å². The molecule has 1 N–H and O–H groups in total. The molecule has 1 unspecified atom stereocenters. The van der Waals surface area contributed by atoms with E-state index in [2.05, 4.69) is 30.0 Å². The van der Waals surface area contributed by atoms with Gasteiger partial charge in [-0.05, 0) is 18.1 Å². The van der Waals surface area contributed by atoms with Crippen LogP contribution >= 0.6 is 0 Å². The van der Waals surface area contributed by atoms with E-state index in [0.29, 0.717) is 24.8 Å². The van der Waals surface area contributed by atoms with Crippen LogP contribution in [0.2, 0.25) is 0 Å². The van der Waals surface area contributed by atoms with Crippen molar-refractivity contribution in [3.05, 3.63) is 41.2 Å². The molecule has 6 heteroatoms. The highest BCUT2D eigenvalue weighted by Crippen LogP contribution is 2.39. The molecule has 0 radical (unpaired) electrons. The van der Waals surface area contributed by atoms with E-state index in [0.717, 1.165) is 35.5 Å². The maximum Gasteiger partial charge on any atom is 0.125 e. The van der Waals surface area contributed by atoms with Crippen molar-refractivity contribution < 1.29 is 14.6 Å². The molecule has 3 rings (SSSR count). The van der Waals surface area contributed by atoms with E-state index in [1.54, 1.807) is 14.2 Å². The first-order chi connectivity index (χ1) is 12.0. The van der Waals surface area contributed by atoms with Crippen LogP contribution in [0.5, 0.6) is 11.5 Å². The number of nitrogens with zero attached hydrogens (tertiary/aromatic N) is 3. The molecule has 25 heavy (non-hydrogen) atoms. The Morgan fingerprint density at radius 3 is 2.64 bits per heavy atom. The maximum absolute atomic E-state index is 10.7. The molecule has 1 aromatic heterocycles. The number of ether oxygens (including phenoxy) is 2. The van der Waals surface area contributed by atoms with Gasteiger partial charge in [-0.3, -0.25) is 9.58 Å². The third-order valence-electron chi connectivity index (χ3n) is 4.51. The number of rotatable bonds is 6. The van der Waals surface area contributed by atoms with Crippen LogP contribution in [-0.4, -0.2) is 40.6 Å². The van der Waals surface area contributed by atoms with Crippen molar-refractivity contribution in [2.45, 2.75) is 39.6 Å². The van der Waals surface area contributed by atoms with Crippen molar-refractivity contribution in [2.24, 2.45) is 5.92 Å². The van der Waals surface area contributed by atoms with E-state index >= 15 is 0 Å². The summed E-state index contributed by atoms with van der Waals surface area (Å²) in [6.07, 6.45) is 3.40. The third-order valence-corrected chi connectivity index (χ3v) is 4.51. The van der Waals surface area contributed by atoms with E-state index in [1.165, 1.54) is 0 Å². The normalized spacial score (nSPS) is 17.6. The van der Waals surface area contributed by atoms with Gasteiger partial charge in [0.25, 0.3) is 0 Å². The first-order valence-electron chi connectivity index (χ1n) is 8.67. The van der Waals surface area contributed by atoms with Gasteiger partial charge < -0.3 is 14.6 Å². The number of aromatic nitrogens is 2. The Morgan fingerprint density at radius 1 is 1.24 bits per heavy atom. The third kappa shape index (κ3) is 3.80. The van der Waals surface area contributed by atoms with Crippen molar-refractivity contribution in [1.29, 1.82) is 0 Å². The van der Waals surface area contributed by atoms with Crippen LogP contribution in [0.15, 0.2) is 24.5 Å². The monoisotopic (exact) mass is 345 g/mol. The second kappa shape index (κ2) is 7.45. The molecule has 2 aromatic rings. The topological polar surface area (TPSA) is 59.8 Å². The minimum absolute atomic E-state index is 0.561. The van der Waals surface area contributed by atoms with Crippen LogP contribution < -0.4 is 9.47 Å². The van der Waals surface area contributed by atoms with Crippen LogP contribution in [0, 0.1) is 5.92 Å².